The maximum Gasteiger partial charge on any atom is 0.343 e. The molecule has 0 aliphatic carbocycles. The zero-order valence-corrected chi connectivity index (χ0v) is 38.3. The van der Waals surface area contributed by atoms with E-state index in [-0.39, 0.29) is 67.2 Å². The van der Waals surface area contributed by atoms with E-state index in [0.717, 1.165) is 35.8 Å². The number of carbonyl (C=O) groups is 5. The lowest BCUT2D eigenvalue weighted by Gasteiger charge is -2.31. The number of aryl methyl sites for hydroxylation is 1. The molecule has 0 saturated carbocycles. The molecule has 2 amide bonds. The minimum Gasteiger partial charge on any atom is -0.458 e. The molecule has 2 aromatic heterocycles. The first-order valence-electron chi connectivity index (χ1n) is 23.2. The third-order valence-electron chi connectivity index (χ3n) is 12.0. The summed E-state index contributed by atoms with van der Waals surface area (Å²) >= 11 is 0. The van der Waals surface area contributed by atoms with Crippen molar-refractivity contribution < 1.29 is 43.3 Å². The molecule has 14 heteroatoms. The quantitative estimate of drug-likeness (QED) is 0.0354. The van der Waals surface area contributed by atoms with Crippen LogP contribution in [0.5, 0.6) is 5.75 Å². The number of aromatic nitrogens is 2. The molecule has 4 heterocycles. The number of unbranched alkanes of at least 4 members (excludes halogenated alkanes) is 12. The zero-order chi connectivity index (χ0) is 45.7. The Balaban J connectivity index is 1.11. The predicted molar refractivity (Wildman–Crippen MR) is 240 cm³/mol. The highest BCUT2D eigenvalue weighted by Crippen LogP contribution is 2.41. The number of esters is 3. The highest BCUT2D eigenvalue weighted by atomic mass is 16.6. The molecular formula is C49H68N4O10. The van der Waals surface area contributed by atoms with Crippen molar-refractivity contribution in [1.29, 1.82) is 0 Å². The van der Waals surface area contributed by atoms with Crippen molar-refractivity contribution in [2.24, 2.45) is 0 Å². The van der Waals surface area contributed by atoms with Crippen LogP contribution in [0.3, 0.4) is 0 Å². The molecule has 0 radical (unpaired) electrons. The lowest BCUT2D eigenvalue weighted by Crippen LogP contribution is -2.45. The van der Waals surface area contributed by atoms with Gasteiger partial charge in [-0.1, -0.05) is 97.8 Å². The van der Waals surface area contributed by atoms with Crippen LogP contribution in [0.4, 0.5) is 0 Å². The molecule has 63 heavy (non-hydrogen) atoms. The predicted octanol–water partition coefficient (Wildman–Crippen LogP) is 7.75. The maximum atomic E-state index is 13.7. The number of pyridine rings is 2. The molecule has 1 aromatic carbocycles. The van der Waals surface area contributed by atoms with Gasteiger partial charge in [0.1, 0.15) is 30.5 Å². The molecule has 3 N–H and O–H groups in total. The first-order chi connectivity index (χ1) is 30.1. The number of nitrogens with zero attached hydrogens (tertiary/aromatic N) is 2. The first kappa shape index (κ1) is 48.9. The topological polar surface area (TPSA) is 192 Å². The van der Waals surface area contributed by atoms with E-state index < -0.39 is 47.6 Å². The van der Waals surface area contributed by atoms with Gasteiger partial charge in [-0.3, -0.25) is 14.4 Å². The SMILES string of the molecule is CCCCCCCCCCCCCCCC(=O)N[C@@H](CCC(=O)NCC(=O)Oc1ccc2nc3c(c(CC)c2c1)Cn1c-3cc2c(c1=O)COC(=O)[C@]2(O)CC)C(=O)OC(C)(C)C. The molecule has 3 aromatic rings. The van der Waals surface area contributed by atoms with Crippen molar-refractivity contribution in [3.8, 4) is 17.1 Å². The molecule has 14 nitrogen and oxygen atoms in total. The summed E-state index contributed by atoms with van der Waals surface area (Å²) in [5, 5.41) is 17.3. The summed E-state index contributed by atoms with van der Waals surface area (Å²) in [4.78, 5) is 82.9. The number of carbonyl (C=O) groups excluding carboxylic acids is 5. The van der Waals surface area contributed by atoms with Gasteiger partial charge in [0.05, 0.1) is 29.0 Å². The summed E-state index contributed by atoms with van der Waals surface area (Å²) < 4.78 is 17.9. The molecule has 0 unspecified atom stereocenters. The highest BCUT2D eigenvalue weighted by Gasteiger charge is 2.45. The van der Waals surface area contributed by atoms with Crippen LogP contribution < -0.4 is 20.9 Å². The van der Waals surface area contributed by atoms with Crippen molar-refractivity contribution in [1.82, 2.24) is 20.2 Å². The third kappa shape index (κ3) is 12.8. The fourth-order valence-electron chi connectivity index (χ4n) is 8.50. The lowest BCUT2D eigenvalue weighted by atomic mass is 9.86. The number of ether oxygens (including phenoxy) is 3. The summed E-state index contributed by atoms with van der Waals surface area (Å²) in [6, 6.07) is 5.65. The maximum absolute atomic E-state index is 13.7. The summed E-state index contributed by atoms with van der Waals surface area (Å²) in [6.07, 6.45) is 16.3. The number of hydrogen-bond donors (Lipinski definition) is 3. The molecule has 2 atom stereocenters. The molecule has 344 valence electrons. The van der Waals surface area contributed by atoms with Gasteiger partial charge < -0.3 is 34.5 Å². The van der Waals surface area contributed by atoms with Crippen LogP contribution in [-0.4, -0.2) is 62.6 Å². The van der Waals surface area contributed by atoms with Gasteiger partial charge in [-0.05, 0) is 76.3 Å². The van der Waals surface area contributed by atoms with Gasteiger partial charge in [-0.25, -0.2) is 19.4 Å². The molecule has 0 spiro atoms. The second-order valence-corrected chi connectivity index (χ2v) is 18.0. The number of hydrogen-bond acceptors (Lipinski definition) is 11. The largest absolute Gasteiger partial charge is 0.458 e. The van der Waals surface area contributed by atoms with E-state index in [2.05, 4.69) is 17.6 Å². The normalized spacial score (nSPS) is 15.8. The molecule has 5 rings (SSSR count). The average Bonchev–Trinajstić information content (AvgIpc) is 3.61. The Labute approximate surface area is 371 Å². The van der Waals surface area contributed by atoms with E-state index in [1.54, 1.807) is 56.5 Å². The Bertz CT molecular complexity index is 2190. The summed E-state index contributed by atoms with van der Waals surface area (Å²) in [7, 11) is 0. The minimum absolute atomic E-state index is 0.00801. The van der Waals surface area contributed by atoms with Crippen molar-refractivity contribution in [3.05, 3.63) is 56.9 Å². The number of nitrogens with one attached hydrogen (secondary N) is 2. The van der Waals surface area contributed by atoms with E-state index in [1.165, 1.54) is 57.8 Å². The number of cyclic esters (lactones) is 1. The van der Waals surface area contributed by atoms with Gasteiger partial charge in [-0.15, -0.1) is 0 Å². The van der Waals surface area contributed by atoms with Crippen molar-refractivity contribution in [3.63, 3.8) is 0 Å². The van der Waals surface area contributed by atoms with Crippen LogP contribution >= 0.6 is 0 Å². The van der Waals surface area contributed by atoms with Gasteiger partial charge in [0.15, 0.2) is 5.60 Å². The van der Waals surface area contributed by atoms with Crippen LogP contribution in [0.15, 0.2) is 29.1 Å². The molecular weight excluding hydrogens is 805 g/mol. The first-order valence-corrected chi connectivity index (χ1v) is 23.2. The monoisotopic (exact) mass is 872 g/mol. The van der Waals surface area contributed by atoms with E-state index in [4.69, 9.17) is 19.2 Å². The summed E-state index contributed by atoms with van der Waals surface area (Å²) in [6.45, 7) is 10.7. The zero-order valence-electron chi connectivity index (χ0n) is 38.3. The van der Waals surface area contributed by atoms with Crippen LogP contribution in [-0.2, 0) is 58.6 Å². The smallest absolute Gasteiger partial charge is 0.343 e. The van der Waals surface area contributed by atoms with Gasteiger partial charge in [0, 0.05) is 29.4 Å². The fraction of sp³-hybridized carbons (Fsp3) is 0.612. The fourth-order valence-corrected chi connectivity index (χ4v) is 8.50. The van der Waals surface area contributed by atoms with Gasteiger partial charge >= 0.3 is 17.9 Å². The van der Waals surface area contributed by atoms with E-state index in [1.807, 2.05) is 6.92 Å². The Morgan fingerprint density at radius 2 is 1.52 bits per heavy atom. The lowest BCUT2D eigenvalue weighted by molar-refractivity contribution is -0.172. The number of aliphatic hydroxyl groups is 1. The van der Waals surface area contributed by atoms with Crippen molar-refractivity contribution in [2.75, 3.05) is 6.54 Å². The Morgan fingerprint density at radius 3 is 2.14 bits per heavy atom. The minimum atomic E-state index is -1.93. The number of fused-ring (bicyclic) bond motifs is 5. The molecule has 2 aliphatic heterocycles. The van der Waals surface area contributed by atoms with Crippen LogP contribution in [0.25, 0.3) is 22.3 Å². The van der Waals surface area contributed by atoms with E-state index >= 15 is 0 Å². The third-order valence-corrected chi connectivity index (χ3v) is 12.0. The highest BCUT2D eigenvalue weighted by molar-refractivity contribution is 5.91. The van der Waals surface area contributed by atoms with Crippen molar-refractivity contribution >= 4 is 40.6 Å². The second-order valence-electron chi connectivity index (χ2n) is 18.0. The van der Waals surface area contributed by atoms with Crippen LogP contribution in [0, 0.1) is 0 Å². The van der Waals surface area contributed by atoms with Gasteiger partial charge in [0.2, 0.25) is 11.8 Å². The molecule has 2 aliphatic rings. The van der Waals surface area contributed by atoms with E-state index in [0.29, 0.717) is 29.7 Å². The standard InChI is InChI=1S/C49H68N4O10/c1-7-10-11-12-13-14-15-16-17-18-19-20-21-22-42(55)51-39(46(58)63-48(4,5)6)25-26-41(54)50-29-43(56)62-32-23-24-38-34(27-32)33(8-2)35-30-53-40(44(35)52-38)28-37-36(45(53)57)31-61-47(59)49(37,60)9-3/h23-24,27-28,39,60H,7-22,25-26,29-31H2,1-6H3,(H,50,54)(H,51,55)/t39-,49-/m0/s1. The number of rotatable bonds is 24. The Hall–Kier alpha value is -5.11. The van der Waals surface area contributed by atoms with Gasteiger partial charge in [0.25, 0.3) is 5.56 Å². The average molecular weight is 873 g/mol. The Kier molecular flexibility index (Phi) is 17.5. The second kappa shape index (κ2) is 22.5. The number of benzene rings is 1. The Morgan fingerprint density at radius 1 is 0.873 bits per heavy atom. The molecule has 0 fully saturated rings. The molecule has 0 saturated heterocycles. The number of amides is 2. The van der Waals surface area contributed by atoms with Crippen LogP contribution in [0.2, 0.25) is 0 Å². The molecule has 0 bridgehead atoms. The van der Waals surface area contributed by atoms with E-state index in [9.17, 15) is 33.9 Å². The van der Waals surface area contributed by atoms with Gasteiger partial charge in [-0.2, -0.15) is 0 Å². The summed E-state index contributed by atoms with van der Waals surface area (Å²) in [5.41, 5.74) is 0.794. The summed E-state index contributed by atoms with van der Waals surface area (Å²) in [5.74, 6) is -2.65. The van der Waals surface area contributed by atoms with Crippen LogP contribution in [0.1, 0.15) is 173 Å². The van der Waals surface area contributed by atoms with Crippen molar-refractivity contribution in [2.45, 2.75) is 188 Å².